The summed E-state index contributed by atoms with van der Waals surface area (Å²) in [5.74, 6) is 0. The third-order valence-corrected chi connectivity index (χ3v) is 4.32. The van der Waals surface area contributed by atoms with Crippen molar-refractivity contribution >= 4 is 27.7 Å². The normalized spacial score (nSPS) is 10.7. The van der Waals surface area contributed by atoms with Gasteiger partial charge in [-0.3, -0.25) is 4.98 Å². The van der Waals surface area contributed by atoms with E-state index in [0.717, 1.165) is 24.2 Å². The van der Waals surface area contributed by atoms with E-state index in [-0.39, 0.29) is 0 Å². The number of pyridine rings is 1. The fourth-order valence-electron chi connectivity index (χ4n) is 1.72. The number of nitrogens with zero attached hydrogens (tertiary/aromatic N) is 1. The fourth-order valence-corrected chi connectivity index (χ4v) is 3.03. The van der Waals surface area contributed by atoms with E-state index in [1.165, 1.54) is 15.4 Å². The maximum Gasteiger partial charge on any atom is 0.0587 e. The quantitative estimate of drug-likeness (QED) is 0.769. The molecule has 0 unspecified atom stereocenters. The molecule has 1 aromatic carbocycles. The van der Waals surface area contributed by atoms with E-state index in [4.69, 9.17) is 4.74 Å². The van der Waals surface area contributed by atoms with Gasteiger partial charge >= 0.3 is 0 Å². The van der Waals surface area contributed by atoms with Crippen LogP contribution in [0, 0.1) is 0 Å². The summed E-state index contributed by atoms with van der Waals surface area (Å²) in [5.41, 5.74) is 1.28. The highest BCUT2D eigenvalue weighted by molar-refractivity contribution is 9.10. The topological polar surface area (TPSA) is 34.1 Å². The molecule has 0 saturated heterocycles. The number of ether oxygens (including phenoxy) is 1. The Balaban J connectivity index is 2.07. The Morgan fingerprint density at radius 2 is 2.05 bits per heavy atom. The molecule has 0 amide bonds. The summed E-state index contributed by atoms with van der Waals surface area (Å²) in [6.07, 6.45) is 3.63. The lowest BCUT2D eigenvalue weighted by Crippen LogP contribution is -2.18. The van der Waals surface area contributed by atoms with Gasteiger partial charge in [0, 0.05) is 46.9 Å². The van der Waals surface area contributed by atoms with Gasteiger partial charge in [0.2, 0.25) is 0 Å². The van der Waals surface area contributed by atoms with Crippen molar-refractivity contribution in [2.24, 2.45) is 0 Å². The van der Waals surface area contributed by atoms with Crippen LogP contribution in [0.3, 0.4) is 0 Å². The van der Waals surface area contributed by atoms with Gasteiger partial charge in [0.15, 0.2) is 0 Å². The number of benzene rings is 1. The number of aromatic nitrogens is 1. The highest BCUT2D eigenvalue weighted by atomic mass is 79.9. The van der Waals surface area contributed by atoms with Gasteiger partial charge in [-0.2, -0.15) is 0 Å². The largest absolute Gasteiger partial charge is 0.383 e. The second kappa shape index (κ2) is 8.42. The molecule has 106 valence electrons. The van der Waals surface area contributed by atoms with Crippen LogP contribution in [0.25, 0.3) is 0 Å². The van der Waals surface area contributed by atoms with Crippen LogP contribution in [0.2, 0.25) is 0 Å². The molecule has 2 rings (SSSR count). The van der Waals surface area contributed by atoms with Gasteiger partial charge < -0.3 is 10.1 Å². The molecular weight excluding hydrogens is 336 g/mol. The summed E-state index contributed by atoms with van der Waals surface area (Å²) < 4.78 is 6.14. The van der Waals surface area contributed by atoms with Crippen LogP contribution in [0.5, 0.6) is 0 Å². The minimum Gasteiger partial charge on any atom is -0.383 e. The van der Waals surface area contributed by atoms with E-state index in [1.54, 1.807) is 18.9 Å². The average Bonchev–Trinajstić information content (AvgIpc) is 2.47. The zero-order chi connectivity index (χ0) is 14.2. The zero-order valence-electron chi connectivity index (χ0n) is 11.3. The Bertz CT molecular complexity index is 537. The van der Waals surface area contributed by atoms with Crippen LogP contribution in [0.4, 0.5) is 0 Å². The predicted molar refractivity (Wildman–Crippen MR) is 86.1 cm³/mol. The molecule has 5 heteroatoms. The standard InChI is InChI=1S/C15H17BrN2OS/c1-19-9-8-18-11-12-10-13(16)2-3-15(12)20-14-4-6-17-7-5-14/h2-7,10,18H,8-9,11H2,1H3. The van der Waals surface area contributed by atoms with Crippen molar-refractivity contribution in [2.45, 2.75) is 16.3 Å². The van der Waals surface area contributed by atoms with Crippen molar-refractivity contribution in [1.82, 2.24) is 10.3 Å². The van der Waals surface area contributed by atoms with E-state index >= 15 is 0 Å². The summed E-state index contributed by atoms with van der Waals surface area (Å²) in [6, 6.07) is 10.4. The van der Waals surface area contributed by atoms with E-state index in [0.29, 0.717) is 0 Å². The first-order valence-electron chi connectivity index (χ1n) is 6.35. The predicted octanol–water partition coefficient (Wildman–Crippen LogP) is 3.73. The number of methoxy groups -OCH3 is 1. The monoisotopic (exact) mass is 352 g/mol. The first-order valence-corrected chi connectivity index (χ1v) is 7.96. The summed E-state index contributed by atoms with van der Waals surface area (Å²) in [7, 11) is 1.71. The fraction of sp³-hybridized carbons (Fsp3) is 0.267. The van der Waals surface area contributed by atoms with Gasteiger partial charge in [-0.15, -0.1) is 0 Å². The summed E-state index contributed by atoms with van der Waals surface area (Å²) >= 11 is 5.29. The van der Waals surface area contributed by atoms with Crippen LogP contribution >= 0.6 is 27.7 Å². The van der Waals surface area contributed by atoms with E-state index in [2.05, 4.69) is 44.4 Å². The molecule has 0 radical (unpaired) electrons. The summed E-state index contributed by atoms with van der Waals surface area (Å²) in [4.78, 5) is 6.50. The van der Waals surface area contributed by atoms with Crippen molar-refractivity contribution in [2.75, 3.05) is 20.3 Å². The molecule has 3 nitrogen and oxygen atoms in total. The van der Waals surface area contributed by atoms with Crippen LogP contribution in [-0.4, -0.2) is 25.2 Å². The van der Waals surface area contributed by atoms with Gasteiger partial charge in [-0.25, -0.2) is 0 Å². The van der Waals surface area contributed by atoms with Crippen LogP contribution in [-0.2, 0) is 11.3 Å². The van der Waals surface area contributed by atoms with Gasteiger partial charge in [-0.05, 0) is 35.9 Å². The molecule has 0 spiro atoms. The Morgan fingerprint density at radius 3 is 2.80 bits per heavy atom. The highest BCUT2D eigenvalue weighted by Crippen LogP contribution is 2.31. The Morgan fingerprint density at radius 1 is 1.25 bits per heavy atom. The molecular formula is C15H17BrN2OS. The van der Waals surface area contributed by atoms with Gasteiger partial charge in [0.05, 0.1) is 6.61 Å². The summed E-state index contributed by atoms with van der Waals surface area (Å²) in [6.45, 7) is 2.40. The van der Waals surface area contributed by atoms with Crippen molar-refractivity contribution in [1.29, 1.82) is 0 Å². The molecule has 0 fully saturated rings. The molecule has 20 heavy (non-hydrogen) atoms. The second-order valence-corrected chi connectivity index (χ2v) is 6.24. The van der Waals surface area contributed by atoms with Crippen molar-refractivity contribution in [3.63, 3.8) is 0 Å². The summed E-state index contributed by atoms with van der Waals surface area (Å²) in [5, 5.41) is 3.38. The molecule has 0 bridgehead atoms. The smallest absolute Gasteiger partial charge is 0.0587 e. The number of halogens is 1. The number of hydrogen-bond acceptors (Lipinski definition) is 4. The Labute approximate surface area is 132 Å². The first-order chi connectivity index (χ1) is 9.79. The Hall–Kier alpha value is -0.880. The zero-order valence-corrected chi connectivity index (χ0v) is 13.7. The van der Waals surface area contributed by atoms with Crippen LogP contribution in [0.15, 0.2) is 57.0 Å². The van der Waals surface area contributed by atoms with Crippen molar-refractivity contribution in [3.8, 4) is 0 Å². The third kappa shape index (κ3) is 4.90. The van der Waals surface area contributed by atoms with E-state index < -0.39 is 0 Å². The lowest BCUT2D eigenvalue weighted by atomic mass is 10.2. The SMILES string of the molecule is COCCNCc1cc(Br)ccc1Sc1ccncc1. The molecule has 0 atom stereocenters. The molecule has 0 aliphatic carbocycles. The maximum atomic E-state index is 5.05. The minimum absolute atomic E-state index is 0.723. The first kappa shape index (κ1) is 15.5. The molecule has 1 N–H and O–H groups in total. The van der Waals surface area contributed by atoms with Crippen molar-refractivity contribution in [3.05, 3.63) is 52.8 Å². The third-order valence-electron chi connectivity index (χ3n) is 2.70. The number of rotatable bonds is 7. The second-order valence-electron chi connectivity index (χ2n) is 4.21. The molecule has 0 aliphatic rings. The average molecular weight is 353 g/mol. The number of nitrogens with one attached hydrogen (secondary N) is 1. The van der Waals surface area contributed by atoms with Gasteiger partial charge in [0.25, 0.3) is 0 Å². The number of hydrogen-bond donors (Lipinski definition) is 1. The highest BCUT2D eigenvalue weighted by Gasteiger charge is 2.05. The molecule has 1 aromatic heterocycles. The van der Waals surface area contributed by atoms with Gasteiger partial charge in [0.1, 0.15) is 0 Å². The molecule has 1 heterocycles. The van der Waals surface area contributed by atoms with Crippen LogP contribution in [0.1, 0.15) is 5.56 Å². The minimum atomic E-state index is 0.723. The molecule has 0 aliphatic heterocycles. The van der Waals surface area contributed by atoms with E-state index in [1.807, 2.05) is 24.5 Å². The van der Waals surface area contributed by atoms with Crippen LogP contribution < -0.4 is 5.32 Å². The molecule has 0 saturated carbocycles. The van der Waals surface area contributed by atoms with Crippen molar-refractivity contribution < 1.29 is 4.74 Å². The lowest BCUT2D eigenvalue weighted by Gasteiger charge is -2.11. The lowest BCUT2D eigenvalue weighted by molar-refractivity contribution is 0.199. The van der Waals surface area contributed by atoms with Gasteiger partial charge in [-0.1, -0.05) is 27.7 Å². The van der Waals surface area contributed by atoms with E-state index in [9.17, 15) is 0 Å². The Kier molecular flexibility index (Phi) is 6.53. The molecule has 2 aromatic rings. The maximum absolute atomic E-state index is 5.05.